The third kappa shape index (κ3) is 2.41. The number of nitrogens with zero attached hydrogens (tertiary/aromatic N) is 3. The Labute approximate surface area is 124 Å². The van der Waals surface area contributed by atoms with Crippen LogP contribution in [0.1, 0.15) is 30.8 Å². The van der Waals surface area contributed by atoms with E-state index in [2.05, 4.69) is 35.8 Å². The molecule has 0 aliphatic rings. The highest BCUT2D eigenvalue weighted by Gasteiger charge is 2.19. The molecule has 0 aliphatic heterocycles. The Morgan fingerprint density at radius 3 is 2.52 bits per heavy atom. The molecule has 1 unspecified atom stereocenters. The Morgan fingerprint density at radius 2 is 1.81 bits per heavy atom. The molecule has 1 heterocycles. The van der Waals surface area contributed by atoms with Crippen LogP contribution in [0.4, 0.5) is 0 Å². The average Bonchev–Trinajstić information content (AvgIpc) is 2.92. The summed E-state index contributed by atoms with van der Waals surface area (Å²) in [4.78, 5) is 4.71. The van der Waals surface area contributed by atoms with Crippen LogP contribution in [0.15, 0.2) is 54.6 Å². The van der Waals surface area contributed by atoms with Crippen LogP contribution in [0, 0.1) is 11.3 Å². The zero-order valence-electron chi connectivity index (χ0n) is 12.0. The summed E-state index contributed by atoms with van der Waals surface area (Å²) in [6.07, 6.45) is 1.29. The molecule has 1 aromatic heterocycles. The lowest BCUT2D eigenvalue weighted by Crippen LogP contribution is -2.13. The molecule has 1 atom stereocenters. The molecule has 0 radical (unpaired) electrons. The molecule has 3 heteroatoms. The van der Waals surface area contributed by atoms with Crippen LogP contribution in [-0.4, -0.2) is 9.55 Å². The van der Waals surface area contributed by atoms with Crippen molar-refractivity contribution in [1.82, 2.24) is 9.55 Å². The third-order valence-electron chi connectivity index (χ3n) is 3.77. The minimum atomic E-state index is 0.0125. The largest absolute Gasteiger partial charge is 0.319 e. The molecule has 3 aromatic rings. The number of rotatable bonds is 4. The van der Waals surface area contributed by atoms with E-state index < -0.39 is 0 Å². The zero-order chi connectivity index (χ0) is 14.7. The lowest BCUT2D eigenvalue weighted by molar-refractivity contribution is 0.585. The average molecular weight is 275 g/mol. The van der Waals surface area contributed by atoms with Crippen molar-refractivity contribution in [2.75, 3.05) is 0 Å². The molecule has 0 aliphatic carbocycles. The summed E-state index contributed by atoms with van der Waals surface area (Å²) >= 11 is 0. The molecular formula is C18H17N3. The summed E-state index contributed by atoms with van der Waals surface area (Å²) in [6.45, 7) is 2.10. The maximum atomic E-state index is 9.25. The van der Waals surface area contributed by atoms with E-state index in [0.717, 1.165) is 28.8 Å². The van der Waals surface area contributed by atoms with Crippen LogP contribution in [0.5, 0.6) is 0 Å². The minimum absolute atomic E-state index is 0.0125. The Hall–Kier alpha value is -2.60. The fourth-order valence-electron chi connectivity index (χ4n) is 2.81. The monoisotopic (exact) mass is 275 g/mol. The van der Waals surface area contributed by atoms with Gasteiger partial charge in [-0.25, -0.2) is 4.98 Å². The summed E-state index contributed by atoms with van der Waals surface area (Å²) < 4.78 is 2.22. The van der Waals surface area contributed by atoms with Gasteiger partial charge in [0.15, 0.2) is 0 Å². The van der Waals surface area contributed by atoms with Crippen molar-refractivity contribution < 1.29 is 0 Å². The van der Waals surface area contributed by atoms with Gasteiger partial charge in [0.25, 0.3) is 0 Å². The molecule has 0 fully saturated rings. The summed E-state index contributed by atoms with van der Waals surface area (Å²) in [5.41, 5.74) is 3.24. The molecule has 2 aromatic carbocycles. The van der Waals surface area contributed by atoms with Crippen molar-refractivity contribution in [2.45, 2.75) is 25.8 Å². The molecule has 0 saturated carbocycles. The van der Waals surface area contributed by atoms with E-state index in [-0.39, 0.29) is 6.04 Å². The highest BCUT2D eigenvalue weighted by Crippen LogP contribution is 2.28. The number of imidazole rings is 1. The quantitative estimate of drug-likeness (QED) is 0.719. The zero-order valence-corrected chi connectivity index (χ0v) is 12.0. The van der Waals surface area contributed by atoms with Crippen LogP contribution < -0.4 is 0 Å². The van der Waals surface area contributed by atoms with Gasteiger partial charge in [-0.1, -0.05) is 49.4 Å². The van der Waals surface area contributed by atoms with Gasteiger partial charge in [-0.05, 0) is 17.7 Å². The number of aryl methyl sites for hydroxylation is 1. The third-order valence-corrected chi connectivity index (χ3v) is 3.77. The van der Waals surface area contributed by atoms with E-state index in [1.54, 1.807) is 0 Å². The topological polar surface area (TPSA) is 41.6 Å². The van der Waals surface area contributed by atoms with Gasteiger partial charge >= 0.3 is 0 Å². The Balaban J connectivity index is 2.22. The normalized spacial score (nSPS) is 12.2. The maximum Gasteiger partial charge on any atom is 0.110 e. The Kier molecular flexibility index (Phi) is 3.70. The number of benzene rings is 2. The second kappa shape index (κ2) is 5.80. The number of nitriles is 1. The predicted octanol–water partition coefficient (Wildman–Crippen LogP) is 4.10. The van der Waals surface area contributed by atoms with E-state index in [4.69, 9.17) is 4.98 Å². The molecule has 0 bridgehead atoms. The van der Waals surface area contributed by atoms with Crippen molar-refractivity contribution in [1.29, 1.82) is 5.26 Å². The van der Waals surface area contributed by atoms with Gasteiger partial charge in [0, 0.05) is 6.42 Å². The van der Waals surface area contributed by atoms with Crippen LogP contribution in [-0.2, 0) is 6.42 Å². The first-order valence-electron chi connectivity index (χ1n) is 7.23. The smallest absolute Gasteiger partial charge is 0.110 e. The summed E-state index contributed by atoms with van der Waals surface area (Å²) in [6, 6.07) is 20.7. The molecule has 0 N–H and O–H groups in total. The first-order valence-corrected chi connectivity index (χ1v) is 7.23. The lowest BCUT2D eigenvalue weighted by Gasteiger charge is -2.19. The van der Waals surface area contributed by atoms with Crippen molar-refractivity contribution in [3.05, 3.63) is 66.0 Å². The summed E-state index contributed by atoms with van der Waals surface area (Å²) in [5.74, 6) is 1.03. The summed E-state index contributed by atoms with van der Waals surface area (Å²) in [5, 5.41) is 9.25. The van der Waals surface area contributed by atoms with Crippen molar-refractivity contribution in [3.63, 3.8) is 0 Å². The van der Waals surface area contributed by atoms with E-state index >= 15 is 0 Å². The first-order chi connectivity index (χ1) is 10.3. The van der Waals surface area contributed by atoms with Gasteiger partial charge in [0.1, 0.15) is 5.82 Å². The van der Waals surface area contributed by atoms with Gasteiger partial charge in [-0.3, -0.25) is 0 Å². The van der Waals surface area contributed by atoms with Crippen LogP contribution in [0.3, 0.4) is 0 Å². The minimum Gasteiger partial charge on any atom is -0.319 e. The van der Waals surface area contributed by atoms with Crippen LogP contribution in [0.25, 0.3) is 11.0 Å². The maximum absolute atomic E-state index is 9.25. The highest BCUT2D eigenvalue weighted by molar-refractivity contribution is 5.76. The van der Waals surface area contributed by atoms with Gasteiger partial charge in [0.2, 0.25) is 0 Å². The molecular weight excluding hydrogens is 258 g/mol. The molecule has 3 rings (SSSR count). The van der Waals surface area contributed by atoms with Crippen LogP contribution in [0.2, 0.25) is 0 Å². The number of hydrogen-bond donors (Lipinski definition) is 0. The Morgan fingerprint density at radius 1 is 1.10 bits per heavy atom. The van der Waals surface area contributed by atoms with E-state index in [1.807, 2.05) is 36.4 Å². The van der Waals surface area contributed by atoms with Gasteiger partial charge < -0.3 is 4.57 Å². The number of hydrogen-bond acceptors (Lipinski definition) is 2. The van der Waals surface area contributed by atoms with Crippen molar-refractivity contribution in [3.8, 4) is 6.07 Å². The lowest BCUT2D eigenvalue weighted by atomic mass is 10.0. The van der Waals surface area contributed by atoms with Gasteiger partial charge in [-0.15, -0.1) is 0 Å². The highest BCUT2D eigenvalue weighted by atomic mass is 15.1. The molecule has 104 valence electrons. The molecule has 0 saturated heterocycles. The standard InChI is InChI=1S/C18H17N3/c1-2-18-20-15-10-6-7-11-17(15)21(18)16(12-13-19)14-8-4-3-5-9-14/h3-11,16H,2,12H2,1H3. The SMILES string of the molecule is CCc1nc2ccccc2n1C(CC#N)c1ccccc1. The first kappa shape index (κ1) is 13.4. The molecule has 21 heavy (non-hydrogen) atoms. The van der Waals surface area contributed by atoms with Crippen LogP contribution >= 0.6 is 0 Å². The molecule has 0 spiro atoms. The van der Waals surface area contributed by atoms with E-state index in [9.17, 15) is 5.26 Å². The van der Waals surface area contributed by atoms with Crippen molar-refractivity contribution >= 4 is 11.0 Å². The molecule has 0 amide bonds. The second-order valence-electron chi connectivity index (χ2n) is 5.03. The fraction of sp³-hybridized carbons (Fsp3) is 0.222. The predicted molar refractivity (Wildman–Crippen MR) is 83.9 cm³/mol. The number of aromatic nitrogens is 2. The van der Waals surface area contributed by atoms with E-state index in [0.29, 0.717) is 6.42 Å². The molecule has 3 nitrogen and oxygen atoms in total. The summed E-state index contributed by atoms with van der Waals surface area (Å²) in [7, 11) is 0. The fourth-order valence-corrected chi connectivity index (χ4v) is 2.81. The van der Waals surface area contributed by atoms with E-state index in [1.165, 1.54) is 0 Å². The number of fused-ring (bicyclic) bond motifs is 1. The van der Waals surface area contributed by atoms with Gasteiger partial charge in [0.05, 0.1) is 29.6 Å². The Bertz CT molecular complexity index is 781. The van der Waals surface area contributed by atoms with Gasteiger partial charge in [-0.2, -0.15) is 5.26 Å². The second-order valence-corrected chi connectivity index (χ2v) is 5.03. The van der Waals surface area contributed by atoms with Crippen molar-refractivity contribution in [2.24, 2.45) is 0 Å². The number of para-hydroxylation sites is 2.